The van der Waals surface area contributed by atoms with Gasteiger partial charge in [0.15, 0.2) is 0 Å². The zero-order chi connectivity index (χ0) is 18.6. The Morgan fingerprint density at radius 3 is 2.35 bits per heavy atom. The van der Waals surface area contributed by atoms with Crippen LogP contribution in [0.4, 0.5) is 0 Å². The number of carbonyl (C=O) groups excluding carboxylic acids is 1. The average Bonchev–Trinajstić information content (AvgIpc) is 3.14. The van der Waals surface area contributed by atoms with Crippen LogP contribution in [0.5, 0.6) is 0 Å². The molecule has 0 radical (unpaired) electrons. The molecule has 3 aromatic rings. The minimum atomic E-state index is -1.07. The first-order valence-corrected chi connectivity index (χ1v) is 8.58. The lowest BCUT2D eigenvalue weighted by Crippen LogP contribution is -2.51. The highest BCUT2D eigenvalue weighted by Gasteiger charge is 2.29. The topological polar surface area (TPSA) is 67.2 Å². The van der Waals surface area contributed by atoms with Crippen LogP contribution in [-0.2, 0) is 6.54 Å². The number of carbonyl (C=O) groups is 1. The molecule has 1 heterocycles. The van der Waals surface area contributed by atoms with Crippen molar-refractivity contribution in [1.82, 2.24) is 14.9 Å². The molecular formula is C21H23N3O2. The Balaban J connectivity index is 1.73. The molecule has 1 unspecified atom stereocenters. The van der Waals surface area contributed by atoms with Gasteiger partial charge in [0, 0.05) is 24.5 Å². The van der Waals surface area contributed by atoms with Crippen LogP contribution in [0.25, 0.3) is 11.1 Å². The quantitative estimate of drug-likeness (QED) is 0.718. The number of nitrogens with one attached hydrogen (secondary N) is 1. The van der Waals surface area contributed by atoms with Crippen molar-refractivity contribution in [1.29, 1.82) is 0 Å². The lowest BCUT2D eigenvalue weighted by Gasteiger charge is -2.30. The largest absolute Gasteiger partial charge is 0.388 e. The normalized spacial score (nSPS) is 12.6. The van der Waals surface area contributed by atoms with Gasteiger partial charge in [0.1, 0.15) is 0 Å². The summed E-state index contributed by atoms with van der Waals surface area (Å²) in [4.78, 5) is 16.6. The Bertz CT molecular complexity index is 835. The van der Waals surface area contributed by atoms with Crippen molar-refractivity contribution in [2.75, 3.05) is 0 Å². The monoisotopic (exact) mass is 349 g/mol. The fourth-order valence-electron chi connectivity index (χ4n) is 2.74. The summed E-state index contributed by atoms with van der Waals surface area (Å²) in [5, 5.41) is 13.3. The molecule has 0 spiro atoms. The molecule has 26 heavy (non-hydrogen) atoms. The van der Waals surface area contributed by atoms with Gasteiger partial charge in [-0.2, -0.15) is 0 Å². The number of hydrogen-bond acceptors (Lipinski definition) is 3. The summed E-state index contributed by atoms with van der Waals surface area (Å²) in [6.45, 7) is 3.82. The number of aliphatic hydroxyl groups is 1. The maximum atomic E-state index is 12.6. The molecule has 0 aliphatic rings. The van der Waals surface area contributed by atoms with Crippen molar-refractivity contribution in [3.8, 4) is 11.1 Å². The van der Waals surface area contributed by atoms with Gasteiger partial charge in [-0.1, -0.05) is 42.5 Å². The van der Waals surface area contributed by atoms with E-state index in [2.05, 4.69) is 10.3 Å². The van der Waals surface area contributed by atoms with Crippen LogP contribution in [0.1, 0.15) is 24.2 Å². The van der Waals surface area contributed by atoms with E-state index >= 15 is 0 Å². The van der Waals surface area contributed by atoms with Crippen LogP contribution in [-0.4, -0.2) is 32.2 Å². The first kappa shape index (κ1) is 17.9. The van der Waals surface area contributed by atoms with Gasteiger partial charge in [0.05, 0.1) is 18.0 Å². The lowest BCUT2D eigenvalue weighted by atomic mass is 9.98. The van der Waals surface area contributed by atoms with Crippen LogP contribution in [0, 0.1) is 0 Å². The van der Waals surface area contributed by atoms with Crippen molar-refractivity contribution in [2.45, 2.75) is 32.0 Å². The van der Waals surface area contributed by atoms with E-state index in [0.29, 0.717) is 12.1 Å². The fourth-order valence-corrected chi connectivity index (χ4v) is 2.74. The minimum absolute atomic E-state index is 0.211. The molecule has 0 fully saturated rings. The van der Waals surface area contributed by atoms with Crippen LogP contribution in [0.3, 0.4) is 0 Å². The molecule has 0 saturated heterocycles. The molecule has 1 aromatic heterocycles. The van der Waals surface area contributed by atoms with E-state index in [0.717, 1.165) is 11.1 Å². The zero-order valence-electron chi connectivity index (χ0n) is 15.0. The number of amides is 1. The van der Waals surface area contributed by atoms with Gasteiger partial charge in [-0.3, -0.25) is 4.79 Å². The first-order valence-electron chi connectivity index (χ1n) is 8.58. The van der Waals surface area contributed by atoms with Crippen LogP contribution < -0.4 is 5.32 Å². The average molecular weight is 349 g/mol. The van der Waals surface area contributed by atoms with Gasteiger partial charge in [0.25, 0.3) is 5.91 Å². The second kappa shape index (κ2) is 7.54. The summed E-state index contributed by atoms with van der Waals surface area (Å²) in [5.41, 5.74) is 1.65. The molecule has 1 amide bonds. The van der Waals surface area contributed by atoms with Gasteiger partial charge in [-0.15, -0.1) is 0 Å². The predicted octanol–water partition coefficient (Wildman–Crippen LogP) is 3.12. The zero-order valence-corrected chi connectivity index (χ0v) is 15.0. The lowest BCUT2D eigenvalue weighted by molar-refractivity contribution is 0.0292. The molecule has 2 N–H and O–H groups in total. The maximum Gasteiger partial charge on any atom is 0.251 e. The highest BCUT2D eigenvalue weighted by molar-refractivity contribution is 5.95. The Morgan fingerprint density at radius 2 is 1.77 bits per heavy atom. The first-order chi connectivity index (χ1) is 12.4. The maximum absolute atomic E-state index is 12.6. The summed E-state index contributed by atoms with van der Waals surface area (Å²) in [6.07, 6.45) is 5.14. The number of aromatic nitrogens is 2. The Morgan fingerprint density at radius 1 is 1.12 bits per heavy atom. The summed E-state index contributed by atoms with van der Waals surface area (Å²) >= 11 is 0. The number of benzene rings is 2. The van der Waals surface area contributed by atoms with Crippen LogP contribution in [0.2, 0.25) is 0 Å². The molecule has 5 nitrogen and oxygen atoms in total. The second-order valence-corrected chi connectivity index (χ2v) is 6.88. The third kappa shape index (κ3) is 4.37. The van der Waals surface area contributed by atoms with E-state index in [1.54, 1.807) is 44.7 Å². The second-order valence-electron chi connectivity index (χ2n) is 6.88. The van der Waals surface area contributed by atoms with Crippen molar-refractivity contribution in [3.05, 3.63) is 78.9 Å². The minimum Gasteiger partial charge on any atom is -0.388 e. The fraction of sp³-hybridized carbons (Fsp3) is 0.238. The number of nitrogens with zero attached hydrogens (tertiary/aromatic N) is 2. The Hall–Kier alpha value is -2.92. The molecule has 2 aromatic carbocycles. The molecular weight excluding hydrogens is 326 g/mol. The van der Waals surface area contributed by atoms with Gasteiger partial charge in [0.2, 0.25) is 0 Å². The molecule has 0 bridgehead atoms. The molecule has 5 heteroatoms. The summed E-state index contributed by atoms with van der Waals surface area (Å²) in [7, 11) is 0. The van der Waals surface area contributed by atoms with Gasteiger partial charge < -0.3 is 15.0 Å². The number of hydrogen-bond donors (Lipinski definition) is 2. The van der Waals surface area contributed by atoms with E-state index in [1.807, 2.05) is 47.0 Å². The van der Waals surface area contributed by atoms with Crippen molar-refractivity contribution < 1.29 is 9.90 Å². The van der Waals surface area contributed by atoms with Crippen molar-refractivity contribution >= 4 is 5.91 Å². The molecule has 0 aliphatic carbocycles. The van der Waals surface area contributed by atoms with Crippen molar-refractivity contribution in [3.63, 3.8) is 0 Å². The summed E-state index contributed by atoms with van der Waals surface area (Å²) in [5.74, 6) is -0.211. The molecule has 134 valence electrons. The molecule has 1 atom stereocenters. The standard InChI is InChI=1S/C21H23N3O2/c1-21(2,26)19(14-24-13-12-22-15-24)23-20(25)18-10-8-17(9-11-18)16-6-4-3-5-7-16/h3-13,15,19,26H,14H2,1-2H3,(H,23,25). The predicted molar refractivity (Wildman–Crippen MR) is 102 cm³/mol. The molecule has 0 aliphatic heterocycles. The highest BCUT2D eigenvalue weighted by atomic mass is 16.3. The van der Waals surface area contributed by atoms with Crippen LogP contribution >= 0.6 is 0 Å². The molecule has 3 rings (SSSR count). The number of imidazole rings is 1. The summed E-state index contributed by atoms with van der Waals surface area (Å²) < 4.78 is 1.83. The summed E-state index contributed by atoms with van der Waals surface area (Å²) in [6, 6.07) is 17.0. The molecule has 0 saturated carbocycles. The van der Waals surface area contributed by atoms with E-state index in [1.165, 1.54) is 0 Å². The third-order valence-electron chi connectivity index (χ3n) is 4.36. The Kier molecular flexibility index (Phi) is 5.19. The smallest absolute Gasteiger partial charge is 0.251 e. The SMILES string of the molecule is CC(C)(O)C(Cn1ccnc1)NC(=O)c1ccc(-c2ccccc2)cc1. The third-order valence-corrected chi connectivity index (χ3v) is 4.36. The van der Waals surface area contributed by atoms with E-state index in [9.17, 15) is 9.90 Å². The van der Waals surface area contributed by atoms with E-state index in [4.69, 9.17) is 0 Å². The van der Waals surface area contributed by atoms with Gasteiger partial charge >= 0.3 is 0 Å². The van der Waals surface area contributed by atoms with Crippen molar-refractivity contribution in [2.24, 2.45) is 0 Å². The van der Waals surface area contributed by atoms with Crippen LogP contribution in [0.15, 0.2) is 73.3 Å². The Labute approximate surface area is 153 Å². The van der Waals surface area contributed by atoms with E-state index in [-0.39, 0.29) is 5.91 Å². The van der Waals surface area contributed by atoms with E-state index < -0.39 is 11.6 Å². The van der Waals surface area contributed by atoms with Gasteiger partial charge in [-0.25, -0.2) is 4.98 Å². The van der Waals surface area contributed by atoms with Gasteiger partial charge in [-0.05, 0) is 37.1 Å². The number of rotatable bonds is 6. The highest BCUT2D eigenvalue weighted by Crippen LogP contribution is 2.19.